The molecule has 0 bridgehead atoms. The summed E-state index contributed by atoms with van der Waals surface area (Å²) >= 11 is 0. The fraction of sp³-hybridized carbons (Fsp3) is 0.500. The SMILES string of the molecule is CP(=O)(CCCCOS(C)(=O)=O)c1ccccc1. The summed E-state index contributed by atoms with van der Waals surface area (Å²) in [4.78, 5) is 0. The van der Waals surface area contributed by atoms with E-state index >= 15 is 0 Å². The van der Waals surface area contributed by atoms with Gasteiger partial charge in [0.1, 0.15) is 7.14 Å². The Hall–Kier alpha value is -0.640. The van der Waals surface area contributed by atoms with Gasteiger partial charge in [0.25, 0.3) is 10.1 Å². The third kappa shape index (κ3) is 5.80. The highest BCUT2D eigenvalue weighted by atomic mass is 32.2. The molecule has 6 heteroatoms. The van der Waals surface area contributed by atoms with Crippen molar-refractivity contribution in [1.82, 2.24) is 0 Å². The maximum Gasteiger partial charge on any atom is 0.264 e. The molecule has 1 atom stereocenters. The van der Waals surface area contributed by atoms with Crippen LogP contribution in [0.25, 0.3) is 0 Å². The predicted octanol–water partition coefficient (Wildman–Crippen LogP) is 2.06. The van der Waals surface area contributed by atoms with Crippen LogP contribution in [0.2, 0.25) is 0 Å². The highest BCUT2D eigenvalue weighted by Crippen LogP contribution is 2.40. The Kier molecular flexibility index (Phi) is 5.57. The molecule has 4 nitrogen and oxygen atoms in total. The van der Waals surface area contributed by atoms with Crippen molar-refractivity contribution >= 4 is 22.6 Å². The summed E-state index contributed by atoms with van der Waals surface area (Å²) in [6, 6.07) is 9.38. The third-order valence-electron chi connectivity index (χ3n) is 2.58. The van der Waals surface area contributed by atoms with E-state index in [1.807, 2.05) is 30.3 Å². The Morgan fingerprint density at radius 2 is 1.78 bits per heavy atom. The molecule has 0 saturated heterocycles. The number of rotatable bonds is 7. The second kappa shape index (κ2) is 6.50. The van der Waals surface area contributed by atoms with Gasteiger partial charge in [-0.3, -0.25) is 4.18 Å². The Balaban J connectivity index is 2.37. The van der Waals surface area contributed by atoms with Gasteiger partial charge < -0.3 is 4.57 Å². The van der Waals surface area contributed by atoms with Crippen molar-refractivity contribution in [3.8, 4) is 0 Å². The summed E-state index contributed by atoms with van der Waals surface area (Å²) in [5.74, 6) is 0. The highest BCUT2D eigenvalue weighted by Gasteiger charge is 2.17. The van der Waals surface area contributed by atoms with E-state index in [1.165, 1.54) is 0 Å². The smallest absolute Gasteiger partial charge is 0.264 e. The first kappa shape index (κ1) is 15.4. The van der Waals surface area contributed by atoms with Crippen LogP contribution < -0.4 is 5.30 Å². The fourth-order valence-corrected chi connectivity index (χ4v) is 3.91. The maximum atomic E-state index is 12.4. The lowest BCUT2D eigenvalue weighted by Crippen LogP contribution is -2.08. The molecule has 0 aliphatic rings. The Morgan fingerprint density at radius 3 is 2.33 bits per heavy atom. The molecular weight excluding hydrogens is 271 g/mol. The Bertz CT molecular complexity index is 510. The van der Waals surface area contributed by atoms with Gasteiger partial charge >= 0.3 is 0 Å². The minimum Gasteiger partial charge on any atom is -0.319 e. The van der Waals surface area contributed by atoms with Gasteiger partial charge in [0.15, 0.2) is 0 Å². The normalized spacial score (nSPS) is 15.2. The van der Waals surface area contributed by atoms with Crippen LogP contribution in [-0.2, 0) is 18.9 Å². The molecule has 0 fully saturated rings. The number of unbranched alkanes of at least 4 members (excludes halogenated alkanes) is 1. The first-order valence-electron chi connectivity index (χ1n) is 5.78. The first-order chi connectivity index (χ1) is 8.31. The van der Waals surface area contributed by atoms with Crippen molar-refractivity contribution in [1.29, 1.82) is 0 Å². The highest BCUT2D eigenvalue weighted by molar-refractivity contribution is 7.85. The van der Waals surface area contributed by atoms with E-state index in [9.17, 15) is 13.0 Å². The van der Waals surface area contributed by atoms with Crippen LogP contribution >= 0.6 is 7.14 Å². The standard InChI is InChI=1S/C12H19O4PS/c1-17(13,12-8-4-3-5-9-12)11-7-6-10-16-18(2,14)15/h3-5,8-9H,6-7,10-11H2,1-2H3. The average Bonchev–Trinajstić information content (AvgIpc) is 2.28. The van der Waals surface area contributed by atoms with Gasteiger partial charge in [-0.2, -0.15) is 8.42 Å². The molecule has 0 amide bonds. The molecule has 0 aliphatic heterocycles. The maximum absolute atomic E-state index is 12.4. The molecule has 1 aromatic carbocycles. The zero-order chi connectivity index (χ0) is 13.6. The van der Waals surface area contributed by atoms with Gasteiger partial charge in [0.05, 0.1) is 12.9 Å². The number of benzene rings is 1. The van der Waals surface area contributed by atoms with Crippen LogP contribution in [0.15, 0.2) is 30.3 Å². The van der Waals surface area contributed by atoms with Crippen LogP contribution in [0, 0.1) is 0 Å². The van der Waals surface area contributed by atoms with Crippen molar-refractivity contribution in [2.24, 2.45) is 0 Å². The van der Waals surface area contributed by atoms with Gasteiger partial charge in [-0.15, -0.1) is 0 Å². The summed E-state index contributed by atoms with van der Waals surface area (Å²) in [6.07, 6.45) is 2.89. The summed E-state index contributed by atoms with van der Waals surface area (Å²) in [5, 5.41) is 0.869. The molecule has 0 radical (unpaired) electrons. The molecule has 0 N–H and O–H groups in total. The van der Waals surface area contributed by atoms with Crippen molar-refractivity contribution in [2.75, 3.05) is 25.7 Å². The monoisotopic (exact) mass is 290 g/mol. The molecule has 0 aliphatic carbocycles. The Labute approximate surface area is 109 Å². The largest absolute Gasteiger partial charge is 0.319 e. The fourth-order valence-electron chi connectivity index (χ4n) is 1.60. The lowest BCUT2D eigenvalue weighted by molar-refractivity contribution is 0.314. The van der Waals surface area contributed by atoms with E-state index in [1.54, 1.807) is 6.66 Å². The Morgan fingerprint density at radius 1 is 1.17 bits per heavy atom. The van der Waals surface area contributed by atoms with Crippen LogP contribution in [0.3, 0.4) is 0 Å². The molecule has 0 spiro atoms. The van der Waals surface area contributed by atoms with Gasteiger partial charge in [-0.1, -0.05) is 30.3 Å². The van der Waals surface area contributed by atoms with Crippen molar-refractivity contribution < 1.29 is 17.2 Å². The van der Waals surface area contributed by atoms with Gasteiger partial charge in [0.2, 0.25) is 0 Å². The van der Waals surface area contributed by atoms with Crippen molar-refractivity contribution in [3.05, 3.63) is 30.3 Å². The van der Waals surface area contributed by atoms with Crippen molar-refractivity contribution in [2.45, 2.75) is 12.8 Å². The van der Waals surface area contributed by atoms with E-state index in [0.717, 1.165) is 11.6 Å². The molecule has 18 heavy (non-hydrogen) atoms. The number of hydrogen-bond acceptors (Lipinski definition) is 4. The van der Waals surface area contributed by atoms with E-state index in [-0.39, 0.29) is 6.61 Å². The molecule has 0 saturated carbocycles. The average molecular weight is 290 g/mol. The molecule has 1 unspecified atom stereocenters. The van der Waals surface area contributed by atoms with Crippen LogP contribution in [0.5, 0.6) is 0 Å². The minimum absolute atomic E-state index is 0.160. The van der Waals surface area contributed by atoms with Gasteiger partial charge in [-0.05, 0) is 19.5 Å². The molecular formula is C12H19O4PS. The summed E-state index contributed by atoms with van der Waals surface area (Å²) in [7, 11) is -5.69. The van der Waals surface area contributed by atoms with Gasteiger partial charge in [-0.25, -0.2) is 0 Å². The third-order valence-corrected chi connectivity index (χ3v) is 5.73. The molecule has 0 aromatic heterocycles. The van der Waals surface area contributed by atoms with E-state index in [2.05, 4.69) is 4.18 Å². The van der Waals surface area contributed by atoms with Crippen molar-refractivity contribution in [3.63, 3.8) is 0 Å². The number of hydrogen-bond donors (Lipinski definition) is 0. The molecule has 102 valence electrons. The predicted molar refractivity (Wildman–Crippen MR) is 74.5 cm³/mol. The van der Waals surface area contributed by atoms with E-state index in [4.69, 9.17) is 0 Å². The lowest BCUT2D eigenvalue weighted by Gasteiger charge is -2.12. The zero-order valence-corrected chi connectivity index (χ0v) is 12.4. The van der Waals surface area contributed by atoms with Crippen LogP contribution in [0.1, 0.15) is 12.8 Å². The quantitative estimate of drug-likeness (QED) is 0.438. The van der Waals surface area contributed by atoms with Crippen LogP contribution in [-0.4, -0.2) is 34.1 Å². The zero-order valence-electron chi connectivity index (χ0n) is 10.7. The second-order valence-corrected chi connectivity index (χ2v) is 9.20. The first-order valence-corrected chi connectivity index (χ1v) is 9.93. The summed E-state index contributed by atoms with van der Waals surface area (Å²) in [6.45, 7) is 1.92. The molecule has 1 aromatic rings. The topological polar surface area (TPSA) is 60.4 Å². The van der Waals surface area contributed by atoms with E-state index < -0.39 is 17.3 Å². The summed E-state index contributed by atoms with van der Waals surface area (Å²) < 4.78 is 38.5. The minimum atomic E-state index is -3.36. The van der Waals surface area contributed by atoms with E-state index in [0.29, 0.717) is 19.0 Å². The van der Waals surface area contributed by atoms with Crippen LogP contribution in [0.4, 0.5) is 0 Å². The second-order valence-electron chi connectivity index (χ2n) is 4.39. The van der Waals surface area contributed by atoms with Gasteiger partial charge in [0, 0.05) is 11.5 Å². The lowest BCUT2D eigenvalue weighted by atomic mass is 10.4. The summed E-state index contributed by atoms with van der Waals surface area (Å²) in [5.41, 5.74) is 0. The molecule has 1 rings (SSSR count). The molecule has 0 heterocycles.